The molecule has 1 unspecified atom stereocenters. The van der Waals surface area contributed by atoms with Crippen molar-refractivity contribution >= 4 is 5.69 Å². The van der Waals surface area contributed by atoms with Gasteiger partial charge < -0.3 is 9.47 Å². The van der Waals surface area contributed by atoms with Gasteiger partial charge in [0.25, 0.3) is 5.69 Å². The number of methoxy groups -OCH3 is 1. The lowest BCUT2D eigenvalue weighted by molar-refractivity contribution is -0.385. The highest BCUT2D eigenvalue weighted by molar-refractivity contribution is 5.48. The Kier molecular flexibility index (Phi) is 4.29. The molecular weight excluding hydrogens is 224 g/mol. The third-order valence-electron chi connectivity index (χ3n) is 2.07. The Hall–Kier alpha value is -2.29. The maximum absolute atomic E-state index is 10.6. The highest BCUT2D eigenvalue weighted by Crippen LogP contribution is 2.31. The zero-order valence-electron chi connectivity index (χ0n) is 9.54. The van der Waals surface area contributed by atoms with Crippen LogP contribution in [0.25, 0.3) is 0 Å². The lowest BCUT2D eigenvalue weighted by Crippen LogP contribution is -2.07. The minimum atomic E-state index is -0.514. The van der Waals surface area contributed by atoms with Crippen molar-refractivity contribution < 1.29 is 14.4 Å². The number of nitriles is 1. The molecule has 90 valence electrons. The smallest absolute Gasteiger partial charge is 0.273 e. The van der Waals surface area contributed by atoms with Crippen LogP contribution in [0.1, 0.15) is 6.92 Å². The van der Waals surface area contributed by atoms with E-state index in [0.717, 1.165) is 0 Å². The summed E-state index contributed by atoms with van der Waals surface area (Å²) in [6.07, 6.45) is 0. The summed E-state index contributed by atoms with van der Waals surface area (Å²) in [4.78, 5) is 10.1. The van der Waals surface area contributed by atoms with Gasteiger partial charge in [-0.3, -0.25) is 10.1 Å². The fourth-order valence-corrected chi connectivity index (χ4v) is 1.14. The van der Waals surface area contributed by atoms with Crippen LogP contribution in [0, 0.1) is 27.4 Å². The van der Waals surface area contributed by atoms with Crippen molar-refractivity contribution in [2.45, 2.75) is 6.92 Å². The molecule has 0 aromatic heterocycles. The third-order valence-corrected chi connectivity index (χ3v) is 2.07. The second-order valence-electron chi connectivity index (χ2n) is 3.43. The van der Waals surface area contributed by atoms with Crippen molar-refractivity contribution in [2.24, 2.45) is 5.92 Å². The van der Waals surface area contributed by atoms with Gasteiger partial charge in [0.1, 0.15) is 6.61 Å². The van der Waals surface area contributed by atoms with Gasteiger partial charge in [0.2, 0.25) is 0 Å². The van der Waals surface area contributed by atoms with Crippen molar-refractivity contribution in [2.75, 3.05) is 13.7 Å². The third kappa shape index (κ3) is 3.34. The topological polar surface area (TPSA) is 85.4 Å². The van der Waals surface area contributed by atoms with Crippen LogP contribution in [0.5, 0.6) is 11.5 Å². The van der Waals surface area contributed by atoms with Crippen LogP contribution in [0.4, 0.5) is 5.69 Å². The van der Waals surface area contributed by atoms with Crippen LogP contribution in [0.2, 0.25) is 0 Å². The molecule has 1 atom stereocenters. The molecule has 0 fully saturated rings. The number of non-ortho nitro benzene ring substituents is 1. The molecular formula is C11H12N2O4. The number of hydrogen-bond acceptors (Lipinski definition) is 5. The van der Waals surface area contributed by atoms with E-state index in [2.05, 4.69) is 0 Å². The van der Waals surface area contributed by atoms with Gasteiger partial charge in [-0.05, 0) is 13.0 Å². The summed E-state index contributed by atoms with van der Waals surface area (Å²) in [5, 5.41) is 19.2. The fraction of sp³-hybridized carbons (Fsp3) is 0.364. The summed E-state index contributed by atoms with van der Waals surface area (Å²) in [5.41, 5.74) is -0.0783. The molecule has 0 aliphatic heterocycles. The average Bonchev–Trinajstić information content (AvgIpc) is 2.35. The van der Waals surface area contributed by atoms with Crippen LogP contribution in [0.15, 0.2) is 18.2 Å². The van der Waals surface area contributed by atoms with E-state index in [1.807, 2.05) is 6.07 Å². The van der Waals surface area contributed by atoms with E-state index in [-0.39, 0.29) is 24.0 Å². The van der Waals surface area contributed by atoms with Crippen molar-refractivity contribution in [1.29, 1.82) is 5.26 Å². The highest BCUT2D eigenvalue weighted by Gasteiger charge is 2.13. The van der Waals surface area contributed by atoms with Gasteiger partial charge in [-0.25, -0.2) is 0 Å². The lowest BCUT2D eigenvalue weighted by atomic mass is 10.2. The Morgan fingerprint density at radius 1 is 1.53 bits per heavy atom. The first kappa shape index (κ1) is 12.8. The molecule has 6 heteroatoms. The standard InChI is InChI=1S/C11H12N2O4/c1-8(6-12)7-17-11-5-9(13(14)15)3-4-10(11)16-2/h3-5,8H,7H2,1-2H3. The fourth-order valence-electron chi connectivity index (χ4n) is 1.14. The molecule has 6 nitrogen and oxygen atoms in total. The number of rotatable bonds is 5. The molecule has 0 aliphatic rings. The van der Waals surface area contributed by atoms with Gasteiger partial charge in [-0.2, -0.15) is 5.26 Å². The Bertz CT molecular complexity index is 453. The average molecular weight is 236 g/mol. The maximum atomic E-state index is 10.6. The lowest BCUT2D eigenvalue weighted by Gasteiger charge is -2.10. The van der Waals surface area contributed by atoms with Gasteiger partial charge in [0.15, 0.2) is 11.5 Å². The van der Waals surface area contributed by atoms with E-state index in [1.165, 1.54) is 25.3 Å². The second kappa shape index (κ2) is 5.70. The number of ether oxygens (including phenoxy) is 2. The van der Waals surface area contributed by atoms with Gasteiger partial charge in [0, 0.05) is 6.07 Å². The minimum absolute atomic E-state index is 0.0783. The Morgan fingerprint density at radius 2 is 2.24 bits per heavy atom. The van der Waals surface area contributed by atoms with E-state index < -0.39 is 4.92 Å². The van der Waals surface area contributed by atoms with Gasteiger partial charge in [0.05, 0.1) is 30.1 Å². The number of nitro benzene ring substituents is 1. The monoisotopic (exact) mass is 236 g/mol. The second-order valence-corrected chi connectivity index (χ2v) is 3.43. The van der Waals surface area contributed by atoms with Crippen LogP contribution in [0.3, 0.4) is 0 Å². The predicted octanol–water partition coefficient (Wildman–Crippen LogP) is 2.14. The summed E-state index contributed by atoms with van der Waals surface area (Å²) in [6.45, 7) is 1.86. The molecule has 1 rings (SSSR count). The molecule has 17 heavy (non-hydrogen) atoms. The van der Waals surface area contributed by atoms with Crippen molar-refractivity contribution in [3.05, 3.63) is 28.3 Å². The first-order chi connectivity index (χ1) is 8.08. The van der Waals surface area contributed by atoms with Gasteiger partial charge in [-0.15, -0.1) is 0 Å². The Labute approximate surface area is 98.5 Å². The van der Waals surface area contributed by atoms with Crippen LogP contribution < -0.4 is 9.47 Å². The normalized spacial score (nSPS) is 11.4. The highest BCUT2D eigenvalue weighted by atomic mass is 16.6. The minimum Gasteiger partial charge on any atom is -0.493 e. The van der Waals surface area contributed by atoms with E-state index in [1.54, 1.807) is 6.92 Å². The number of hydrogen-bond donors (Lipinski definition) is 0. The molecule has 0 saturated carbocycles. The van der Waals surface area contributed by atoms with Crippen molar-refractivity contribution in [1.82, 2.24) is 0 Å². The number of benzene rings is 1. The number of nitrogens with zero attached hydrogens (tertiary/aromatic N) is 2. The van der Waals surface area contributed by atoms with Gasteiger partial charge >= 0.3 is 0 Å². The molecule has 0 N–H and O–H groups in total. The zero-order chi connectivity index (χ0) is 12.8. The summed E-state index contributed by atoms with van der Waals surface area (Å²) < 4.78 is 10.3. The van der Waals surface area contributed by atoms with Gasteiger partial charge in [-0.1, -0.05) is 0 Å². The molecule has 0 spiro atoms. The van der Waals surface area contributed by atoms with Crippen LogP contribution >= 0.6 is 0 Å². The summed E-state index contributed by atoms with van der Waals surface area (Å²) >= 11 is 0. The molecule has 0 bridgehead atoms. The number of nitro groups is 1. The predicted molar refractivity (Wildman–Crippen MR) is 59.9 cm³/mol. The van der Waals surface area contributed by atoms with E-state index in [9.17, 15) is 10.1 Å². The summed E-state index contributed by atoms with van der Waals surface area (Å²) in [7, 11) is 1.45. The Morgan fingerprint density at radius 3 is 2.76 bits per heavy atom. The SMILES string of the molecule is COc1ccc([N+](=O)[O-])cc1OCC(C)C#N. The van der Waals surface area contributed by atoms with Crippen LogP contribution in [-0.2, 0) is 0 Å². The van der Waals surface area contributed by atoms with Crippen LogP contribution in [-0.4, -0.2) is 18.6 Å². The summed E-state index contributed by atoms with van der Waals surface area (Å²) in [6, 6.07) is 6.09. The van der Waals surface area contributed by atoms with Crippen molar-refractivity contribution in [3.63, 3.8) is 0 Å². The molecule has 0 saturated heterocycles. The zero-order valence-corrected chi connectivity index (χ0v) is 9.54. The Balaban J connectivity index is 2.91. The molecule has 0 amide bonds. The molecule has 0 radical (unpaired) electrons. The molecule has 0 heterocycles. The largest absolute Gasteiger partial charge is 0.493 e. The molecule has 1 aromatic carbocycles. The van der Waals surface area contributed by atoms with E-state index in [0.29, 0.717) is 5.75 Å². The van der Waals surface area contributed by atoms with Crippen molar-refractivity contribution in [3.8, 4) is 17.6 Å². The maximum Gasteiger partial charge on any atom is 0.273 e. The first-order valence-corrected chi connectivity index (χ1v) is 4.93. The first-order valence-electron chi connectivity index (χ1n) is 4.93. The molecule has 0 aliphatic carbocycles. The quantitative estimate of drug-likeness (QED) is 0.577. The van der Waals surface area contributed by atoms with E-state index >= 15 is 0 Å². The molecule has 1 aromatic rings. The van der Waals surface area contributed by atoms with E-state index in [4.69, 9.17) is 14.7 Å². The summed E-state index contributed by atoms with van der Waals surface area (Å²) in [5.74, 6) is 0.378.